The first-order chi connectivity index (χ1) is 11.5. The number of carbonyl (C=O) groups excluding carboxylic acids is 3. The van der Waals surface area contributed by atoms with Gasteiger partial charge >= 0.3 is 12.1 Å². The molecule has 1 heterocycles. The molecule has 2 rings (SSSR count). The number of methoxy groups -OCH3 is 1. The third-order valence-corrected chi connectivity index (χ3v) is 3.93. The maximum atomic E-state index is 11.8. The lowest BCUT2D eigenvalue weighted by atomic mass is 10.3. The highest BCUT2D eigenvalue weighted by atomic mass is 32.2. The predicted octanol–water partition coefficient (Wildman–Crippen LogP) is 1.36. The monoisotopic (exact) mass is 355 g/mol. The average molecular weight is 355 g/mol. The second-order valence-electron chi connectivity index (χ2n) is 4.71. The van der Waals surface area contributed by atoms with Crippen LogP contribution in [0.1, 0.15) is 6.92 Å². The summed E-state index contributed by atoms with van der Waals surface area (Å²) < 4.78 is 20.1. The van der Waals surface area contributed by atoms with E-state index < -0.39 is 24.1 Å². The Balaban J connectivity index is 1.80. The number of alkyl carbamates (subject to hydrolysis) is 1. The Morgan fingerprint density at radius 3 is 2.67 bits per heavy atom. The molecule has 130 valence electrons. The molecule has 1 aromatic rings. The minimum atomic E-state index is -1.10. The normalized spacial score (nSPS) is 13.6. The molecule has 8 nitrogen and oxygen atoms in total. The summed E-state index contributed by atoms with van der Waals surface area (Å²) in [6, 6.07) is 5.35. The van der Waals surface area contributed by atoms with E-state index in [1.165, 1.54) is 18.7 Å². The van der Waals surface area contributed by atoms with Crippen molar-refractivity contribution in [1.82, 2.24) is 5.32 Å². The smallest absolute Gasteiger partial charge is 0.413 e. The number of fused-ring (bicyclic) bond motifs is 1. The van der Waals surface area contributed by atoms with Crippen molar-refractivity contribution in [3.8, 4) is 11.5 Å². The van der Waals surface area contributed by atoms with E-state index in [0.717, 1.165) is 12.0 Å². The number of carbonyl (C=O) groups is 3. The van der Waals surface area contributed by atoms with Crippen molar-refractivity contribution in [3.63, 3.8) is 0 Å². The van der Waals surface area contributed by atoms with E-state index in [0.29, 0.717) is 24.7 Å². The van der Waals surface area contributed by atoms with Crippen LogP contribution < -0.4 is 14.8 Å². The average Bonchev–Trinajstić information content (AvgIpc) is 2.59. The van der Waals surface area contributed by atoms with Crippen LogP contribution in [0.25, 0.3) is 0 Å². The van der Waals surface area contributed by atoms with E-state index in [1.54, 1.807) is 18.2 Å². The van der Waals surface area contributed by atoms with Crippen LogP contribution in [0.5, 0.6) is 11.5 Å². The molecule has 0 aliphatic carbocycles. The van der Waals surface area contributed by atoms with Crippen molar-refractivity contribution in [3.05, 3.63) is 18.2 Å². The Bertz CT molecular complexity index is 634. The molecule has 1 aliphatic heterocycles. The van der Waals surface area contributed by atoms with Crippen LogP contribution in [-0.2, 0) is 19.1 Å². The van der Waals surface area contributed by atoms with E-state index in [4.69, 9.17) is 14.2 Å². The fraction of sp³-hybridized carbons (Fsp3) is 0.400. The third-order valence-electron chi connectivity index (χ3n) is 2.96. The van der Waals surface area contributed by atoms with Gasteiger partial charge in [0.15, 0.2) is 17.6 Å². The van der Waals surface area contributed by atoms with Gasteiger partial charge in [0.25, 0.3) is 5.91 Å². The van der Waals surface area contributed by atoms with Crippen LogP contribution in [-0.4, -0.2) is 50.2 Å². The molecule has 1 aromatic carbocycles. The van der Waals surface area contributed by atoms with Crippen molar-refractivity contribution < 1.29 is 33.3 Å². The van der Waals surface area contributed by atoms with E-state index in [-0.39, 0.29) is 5.75 Å². The molecular formula is C15H17NO7S. The summed E-state index contributed by atoms with van der Waals surface area (Å²) in [6.07, 6.45) is -2.01. The Kier molecular flexibility index (Phi) is 6.30. The van der Waals surface area contributed by atoms with Gasteiger partial charge in [-0.05, 0) is 25.1 Å². The zero-order chi connectivity index (χ0) is 17.5. The van der Waals surface area contributed by atoms with Gasteiger partial charge in [0.1, 0.15) is 13.2 Å². The van der Waals surface area contributed by atoms with Gasteiger partial charge in [0, 0.05) is 4.90 Å². The number of rotatable bonds is 5. The van der Waals surface area contributed by atoms with Crippen molar-refractivity contribution in [2.75, 3.05) is 26.1 Å². The standard InChI is InChI=1S/C15H17NO7S/c1-9(14(18)16-15(19)20-2)23-13(17)8-24-10-3-4-11-12(7-10)22-6-5-21-11/h3-4,7,9H,5-6,8H2,1-2H3,(H,16,18,19)/t9-/m0/s1. The maximum Gasteiger partial charge on any atom is 0.413 e. The number of hydrogen-bond acceptors (Lipinski definition) is 8. The molecule has 0 unspecified atom stereocenters. The number of thioether (sulfide) groups is 1. The number of amides is 2. The van der Waals surface area contributed by atoms with Gasteiger partial charge in [-0.25, -0.2) is 4.79 Å². The highest BCUT2D eigenvalue weighted by Crippen LogP contribution is 2.34. The SMILES string of the molecule is COC(=O)NC(=O)[C@H](C)OC(=O)CSc1ccc2c(c1)OCCO2. The molecule has 0 saturated carbocycles. The van der Waals surface area contributed by atoms with Crippen LogP contribution in [0.2, 0.25) is 0 Å². The Labute approximate surface area is 142 Å². The topological polar surface area (TPSA) is 100 Å². The second-order valence-corrected chi connectivity index (χ2v) is 5.76. The van der Waals surface area contributed by atoms with Crippen molar-refractivity contribution in [1.29, 1.82) is 0 Å². The van der Waals surface area contributed by atoms with Crippen LogP contribution in [0.3, 0.4) is 0 Å². The Morgan fingerprint density at radius 2 is 1.96 bits per heavy atom. The molecule has 2 amide bonds. The number of ether oxygens (including phenoxy) is 4. The minimum absolute atomic E-state index is 0.00941. The van der Waals surface area contributed by atoms with E-state index in [1.807, 2.05) is 5.32 Å². The van der Waals surface area contributed by atoms with Gasteiger partial charge in [-0.2, -0.15) is 0 Å². The zero-order valence-electron chi connectivity index (χ0n) is 13.2. The molecular weight excluding hydrogens is 338 g/mol. The lowest BCUT2D eigenvalue weighted by Gasteiger charge is -2.18. The molecule has 0 saturated heterocycles. The molecule has 24 heavy (non-hydrogen) atoms. The molecule has 0 fully saturated rings. The van der Waals surface area contributed by atoms with Gasteiger partial charge in [-0.1, -0.05) is 0 Å². The van der Waals surface area contributed by atoms with Crippen LogP contribution in [0.4, 0.5) is 4.79 Å². The first-order valence-corrected chi connectivity index (χ1v) is 8.09. The van der Waals surface area contributed by atoms with Gasteiger partial charge in [-0.15, -0.1) is 11.8 Å². The molecule has 1 aliphatic rings. The number of esters is 1. The predicted molar refractivity (Wildman–Crippen MR) is 84.3 cm³/mol. The second kappa shape index (κ2) is 8.44. The van der Waals surface area contributed by atoms with Crippen molar-refractivity contribution in [2.45, 2.75) is 17.9 Å². The highest BCUT2D eigenvalue weighted by Gasteiger charge is 2.20. The highest BCUT2D eigenvalue weighted by molar-refractivity contribution is 8.00. The first kappa shape index (κ1) is 17.9. The molecule has 0 aromatic heterocycles. The van der Waals surface area contributed by atoms with Gasteiger partial charge < -0.3 is 18.9 Å². The van der Waals surface area contributed by atoms with Crippen LogP contribution in [0.15, 0.2) is 23.1 Å². The maximum absolute atomic E-state index is 11.8. The molecule has 0 spiro atoms. The molecule has 0 radical (unpaired) electrons. The summed E-state index contributed by atoms with van der Waals surface area (Å²) in [5, 5.41) is 1.93. The minimum Gasteiger partial charge on any atom is -0.486 e. The number of benzene rings is 1. The largest absolute Gasteiger partial charge is 0.486 e. The van der Waals surface area contributed by atoms with E-state index in [2.05, 4.69) is 4.74 Å². The third kappa shape index (κ3) is 5.05. The number of hydrogen-bond donors (Lipinski definition) is 1. The zero-order valence-corrected chi connectivity index (χ0v) is 14.0. The van der Waals surface area contributed by atoms with E-state index >= 15 is 0 Å². The summed E-state index contributed by atoms with van der Waals surface area (Å²) in [7, 11) is 1.13. The lowest BCUT2D eigenvalue weighted by Crippen LogP contribution is -2.39. The Hall–Kier alpha value is -2.42. The summed E-state index contributed by atoms with van der Waals surface area (Å²) in [6.45, 7) is 2.36. The van der Waals surface area contributed by atoms with Gasteiger partial charge in [-0.3, -0.25) is 14.9 Å². The Morgan fingerprint density at radius 1 is 1.25 bits per heavy atom. The summed E-state index contributed by atoms with van der Waals surface area (Å²) in [5.74, 6) is -0.0242. The quantitative estimate of drug-likeness (QED) is 0.624. The summed E-state index contributed by atoms with van der Waals surface area (Å²) >= 11 is 1.24. The summed E-state index contributed by atoms with van der Waals surface area (Å²) in [5.41, 5.74) is 0. The van der Waals surface area contributed by atoms with Crippen LogP contribution in [0, 0.1) is 0 Å². The summed E-state index contributed by atoms with van der Waals surface area (Å²) in [4.78, 5) is 35.1. The molecule has 0 bridgehead atoms. The fourth-order valence-corrected chi connectivity index (χ4v) is 2.50. The number of imide groups is 1. The molecule has 1 atom stereocenters. The first-order valence-electron chi connectivity index (χ1n) is 7.10. The van der Waals surface area contributed by atoms with E-state index in [9.17, 15) is 14.4 Å². The van der Waals surface area contributed by atoms with Crippen LogP contribution >= 0.6 is 11.8 Å². The molecule has 1 N–H and O–H groups in total. The lowest BCUT2D eigenvalue weighted by molar-refractivity contribution is -0.152. The van der Waals surface area contributed by atoms with Gasteiger partial charge in [0.2, 0.25) is 0 Å². The van der Waals surface area contributed by atoms with Crippen molar-refractivity contribution >= 4 is 29.7 Å². The van der Waals surface area contributed by atoms with Crippen molar-refractivity contribution in [2.24, 2.45) is 0 Å². The molecule has 9 heteroatoms. The fourth-order valence-electron chi connectivity index (χ4n) is 1.79. The van der Waals surface area contributed by atoms with Gasteiger partial charge in [0.05, 0.1) is 12.9 Å². The number of nitrogens with one attached hydrogen (secondary N) is 1.